The van der Waals surface area contributed by atoms with Gasteiger partial charge in [-0.15, -0.1) is 0 Å². The van der Waals surface area contributed by atoms with E-state index in [1.54, 1.807) is 0 Å². The van der Waals surface area contributed by atoms with E-state index in [1.165, 1.54) is 26.4 Å². The van der Waals surface area contributed by atoms with E-state index in [0.717, 1.165) is 71.2 Å². The number of carbonyl (C=O) groups is 2. The normalized spacial score (nSPS) is 34.8. The molecular weight excluding hydrogens is 370 g/mol. The number of rotatable bonds is 5. The molecule has 5 rings (SSSR count). The summed E-state index contributed by atoms with van der Waals surface area (Å²) in [4.78, 5) is 29.4. The van der Waals surface area contributed by atoms with Crippen LogP contribution < -0.4 is 5.73 Å². The fourth-order valence-corrected chi connectivity index (χ4v) is 5.89. The zero-order valence-corrected chi connectivity index (χ0v) is 17.9. The molecule has 3 saturated heterocycles. The Morgan fingerprint density at radius 3 is 2.28 bits per heavy atom. The summed E-state index contributed by atoms with van der Waals surface area (Å²) in [6.45, 7) is 4.62. The van der Waals surface area contributed by atoms with Crippen LogP contribution in [0.2, 0.25) is 0 Å². The number of carbonyl (C=O) groups excluding carboxylic acids is 2. The number of amides is 1. The maximum atomic E-state index is 12.9. The van der Waals surface area contributed by atoms with E-state index in [9.17, 15) is 9.59 Å². The highest BCUT2D eigenvalue weighted by Crippen LogP contribution is 2.49. The van der Waals surface area contributed by atoms with Crippen LogP contribution in [0.1, 0.15) is 57.8 Å². The smallest absolute Gasteiger partial charge is 0.314 e. The van der Waals surface area contributed by atoms with E-state index < -0.39 is 5.41 Å². The number of esters is 1. The molecular formula is C22H37N3O4. The molecule has 7 nitrogen and oxygen atoms in total. The molecule has 2 saturated carbocycles. The van der Waals surface area contributed by atoms with Crippen molar-refractivity contribution in [1.82, 2.24) is 9.80 Å². The highest BCUT2D eigenvalue weighted by atomic mass is 16.5. The first-order valence-corrected chi connectivity index (χ1v) is 11.5. The van der Waals surface area contributed by atoms with Gasteiger partial charge in [-0.05, 0) is 44.4 Å². The number of fused-ring (bicyclic) bond motifs is 3. The lowest BCUT2D eigenvalue weighted by atomic mass is 9.66. The molecule has 0 aromatic carbocycles. The molecule has 0 spiro atoms. The van der Waals surface area contributed by atoms with Crippen LogP contribution in [0, 0.1) is 11.3 Å². The van der Waals surface area contributed by atoms with Crippen molar-refractivity contribution in [1.29, 1.82) is 0 Å². The molecule has 3 aliphatic heterocycles. The third-order valence-electron chi connectivity index (χ3n) is 8.03. The van der Waals surface area contributed by atoms with E-state index >= 15 is 0 Å². The second-order valence-electron chi connectivity index (χ2n) is 9.77. The first-order valence-electron chi connectivity index (χ1n) is 11.5. The molecule has 5 aliphatic rings. The maximum absolute atomic E-state index is 12.9. The molecule has 164 valence electrons. The summed E-state index contributed by atoms with van der Waals surface area (Å²) in [5.74, 6) is 0.387. The first kappa shape index (κ1) is 21.1. The van der Waals surface area contributed by atoms with Gasteiger partial charge in [0.15, 0.2) is 0 Å². The maximum Gasteiger partial charge on any atom is 0.314 e. The lowest BCUT2D eigenvalue weighted by Gasteiger charge is -2.53. The summed E-state index contributed by atoms with van der Waals surface area (Å²) in [5, 5.41) is 0. The fraction of sp³-hybridized carbons (Fsp3) is 0.909. The van der Waals surface area contributed by atoms with Crippen molar-refractivity contribution >= 4 is 11.9 Å². The van der Waals surface area contributed by atoms with Crippen LogP contribution in [0.3, 0.4) is 0 Å². The van der Waals surface area contributed by atoms with Gasteiger partial charge in [-0.3, -0.25) is 14.5 Å². The predicted octanol–water partition coefficient (Wildman–Crippen LogP) is 1.54. The van der Waals surface area contributed by atoms with E-state index in [-0.39, 0.29) is 23.5 Å². The molecule has 0 aromatic heterocycles. The van der Waals surface area contributed by atoms with Crippen molar-refractivity contribution in [3.8, 4) is 0 Å². The molecule has 0 unspecified atom stereocenters. The Bertz CT molecular complexity index is 587. The average molecular weight is 408 g/mol. The number of piperazine rings is 1. The van der Waals surface area contributed by atoms with Crippen molar-refractivity contribution in [2.75, 3.05) is 46.4 Å². The van der Waals surface area contributed by atoms with Gasteiger partial charge in [-0.1, -0.05) is 19.3 Å². The second kappa shape index (κ2) is 8.52. The monoisotopic (exact) mass is 407 g/mol. The third-order valence-corrected chi connectivity index (χ3v) is 8.03. The highest BCUT2D eigenvalue weighted by Gasteiger charge is 2.54. The molecule has 2 bridgehead atoms. The van der Waals surface area contributed by atoms with Gasteiger partial charge in [-0.2, -0.15) is 0 Å². The van der Waals surface area contributed by atoms with Crippen molar-refractivity contribution in [3.05, 3.63) is 0 Å². The van der Waals surface area contributed by atoms with Gasteiger partial charge in [0, 0.05) is 32.7 Å². The number of nitrogens with zero attached hydrogens (tertiary/aromatic N) is 2. The van der Waals surface area contributed by atoms with Gasteiger partial charge in [0.25, 0.3) is 0 Å². The summed E-state index contributed by atoms with van der Waals surface area (Å²) >= 11 is 0. The third kappa shape index (κ3) is 4.19. The van der Waals surface area contributed by atoms with E-state index in [4.69, 9.17) is 15.2 Å². The minimum atomic E-state index is -0.420. The van der Waals surface area contributed by atoms with Crippen molar-refractivity contribution in [3.63, 3.8) is 0 Å². The van der Waals surface area contributed by atoms with E-state index in [2.05, 4.69) is 4.90 Å². The molecule has 0 radical (unpaired) electrons. The molecule has 1 atom stereocenters. The van der Waals surface area contributed by atoms with Crippen LogP contribution in [0.25, 0.3) is 0 Å². The summed E-state index contributed by atoms with van der Waals surface area (Å²) < 4.78 is 11.3. The quantitative estimate of drug-likeness (QED) is 0.696. The van der Waals surface area contributed by atoms with Gasteiger partial charge in [0.2, 0.25) is 5.91 Å². The molecule has 2 N–H and O–H groups in total. The molecule has 5 fully saturated rings. The lowest BCUT2D eigenvalue weighted by Crippen LogP contribution is -2.61. The fourth-order valence-electron chi connectivity index (χ4n) is 5.89. The Labute approximate surface area is 174 Å². The first-order chi connectivity index (χ1) is 14.0. The minimum absolute atomic E-state index is 0.118. The molecule has 0 aromatic rings. The van der Waals surface area contributed by atoms with E-state index in [0.29, 0.717) is 12.5 Å². The lowest BCUT2D eigenvalue weighted by molar-refractivity contribution is -0.208. The second-order valence-corrected chi connectivity index (χ2v) is 9.77. The van der Waals surface area contributed by atoms with Gasteiger partial charge < -0.3 is 20.1 Å². The minimum Gasteiger partial charge on any atom is -0.469 e. The Kier molecular flexibility index (Phi) is 6.19. The van der Waals surface area contributed by atoms with Crippen LogP contribution in [-0.4, -0.2) is 79.8 Å². The summed E-state index contributed by atoms with van der Waals surface area (Å²) in [6.07, 6.45) is 9.42. The van der Waals surface area contributed by atoms with Crippen molar-refractivity contribution < 1.29 is 19.1 Å². The van der Waals surface area contributed by atoms with Crippen molar-refractivity contribution in [2.24, 2.45) is 17.1 Å². The van der Waals surface area contributed by atoms with Gasteiger partial charge in [0.05, 0.1) is 30.8 Å². The van der Waals surface area contributed by atoms with Crippen LogP contribution in [-0.2, 0) is 19.1 Å². The van der Waals surface area contributed by atoms with Crippen LogP contribution in [0.4, 0.5) is 0 Å². The standard InChI is InChI=1S/C22H37N3O4/c1-28-20(27)21-7-9-22(10-8-21,29-16-21)15-24-11-13-25(14-12-24)19(26)18(23)17-5-3-2-4-6-17/h17-18H,2-16,23H2,1H3/t18-,21?,22?/m1/s1. The topological polar surface area (TPSA) is 85.1 Å². The Morgan fingerprint density at radius 2 is 1.72 bits per heavy atom. The molecule has 29 heavy (non-hydrogen) atoms. The molecule has 3 heterocycles. The van der Waals surface area contributed by atoms with Gasteiger partial charge in [-0.25, -0.2) is 0 Å². The summed E-state index contributed by atoms with van der Waals surface area (Å²) in [6, 6.07) is -0.327. The zero-order chi connectivity index (χ0) is 20.5. The van der Waals surface area contributed by atoms with Crippen LogP contribution >= 0.6 is 0 Å². The zero-order valence-electron chi connectivity index (χ0n) is 17.9. The average Bonchev–Trinajstić information content (AvgIpc) is 2.79. The Hall–Kier alpha value is -1.18. The SMILES string of the molecule is COC(=O)C12CCC(CN3CCN(C(=O)[C@H](N)C4CCCCC4)CC3)(CC1)OC2. The molecule has 1 amide bonds. The molecule has 7 heteroatoms. The largest absolute Gasteiger partial charge is 0.469 e. The number of ether oxygens (including phenoxy) is 2. The predicted molar refractivity (Wildman–Crippen MR) is 109 cm³/mol. The molecule has 2 aliphatic carbocycles. The van der Waals surface area contributed by atoms with Crippen LogP contribution in [0.5, 0.6) is 0 Å². The van der Waals surface area contributed by atoms with Crippen LogP contribution in [0.15, 0.2) is 0 Å². The summed E-state index contributed by atoms with van der Waals surface area (Å²) in [5.41, 5.74) is 5.78. The van der Waals surface area contributed by atoms with Crippen molar-refractivity contribution in [2.45, 2.75) is 69.4 Å². The number of nitrogens with two attached hydrogens (primary N) is 1. The highest BCUT2D eigenvalue weighted by molar-refractivity contribution is 5.82. The number of hydrogen-bond acceptors (Lipinski definition) is 6. The van der Waals surface area contributed by atoms with E-state index in [1.807, 2.05) is 4.90 Å². The van der Waals surface area contributed by atoms with Gasteiger partial charge >= 0.3 is 5.97 Å². The number of hydrogen-bond donors (Lipinski definition) is 1. The Morgan fingerprint density at radius 1 is 1.07 bits per heavy atom. The number of methoxy groups -OCH3 is 1. The summed E-state index contributed by atoms with van der Waals surface area (Å²) in [7, 11) is 1.47. The van der Waals surface area contributed by atoms with Gasteiger partial charge in [0.1, 0.15) is 0 Å². The Balaban J connectivity index is 1.25.